The number of fused-ring (bicyclic) bond motifs is 1. The molecule has 0 aliphatic carbocycles. The molecule has 0 spiro atoms. The van der Waals surface area contributed by atoms with Gasteiger partial charge in [-0.15, -0.1) is 15.8 Å². The highest BCUT2D eigenvalue weighted by Gasteiger charge is 2.35. The van der Waals surface area contributed by atoms with Crippen molar-refractivity contribution in [2.75, 3.05) is 13.4 Å². The van der Waals surface area contributed by atoms with Gasteiger partial charge in [0.15, 0.2) is 0 Å². The number of hydrogen-bond donors (Lipinski definition) is 1. The van der Waals surface area contributed by atoms with E-state index in [-0.39, 0.29) is 5.15 Å². The molecular formula is C18H16ClN3O3S2. The summed E-state index contributed by atoms with van der Waals surface area (Å²) in [5.74, 6) is 0.692. The van der Waals surface area contributed by atoms with Gasteiger partial charge >= 0.3 is 0 Å². The van der Waals surface area contributed by atoms with Crippen LogP contribution in [0.4, 0.5) is 0 Å². The maximum atomic E-state index is 12.4. The molecule has 0 radical (unpaired) electrons. The summed E-state index contributed by atoms with van der Waals surface area (Å²) in [5, 5.41) is 3.02. The van der Waals surface area contributed by atoms with Gasteiger partial charge in [-0.25, -0.2) is 13.4 Å². The molecular weight excluding hydrogens is 406 g/mol. The third kappa shape index (κ3) is 3.41. The number of aromatic nitrogens is 1. The Morgan fingerprint density at radius 3 is 2.78 bits per heavy atom. The highest BCUT2D eigenvalue weighted by atomic mass is 35.5. The van der Waals surface area contributed by atoms with Gasteiger partial charge in [-0.2, -0.15) is 0 Å². The lowest BCUT2D eigenvalue weighted by molar-refractivity contribution is 0.351. The molecule has 140 valence electrons. The lowest BCUT2D eigenvalue weighted by Gasteiger charge is -2.23. The SMILES string of the molecule is COc1ccc2nc(Cl)c([C@H]3C=C(c4cccs4)NN3S(C)(=O)=O)cc2c1. The van der Waals surface area contributed by atoms with E-state index in [4.69, 9.17) is 16.3 Å². The van der Waals surface area contributed by atoms with Crippen molar-refractivity contribution in [2.24, 2.45) is 0 Å². The zero-order valence-corrected chi connectivity index (χ0v) is 16.9. The highest BCUT2D eigenvalue weighted by molar-refractivity contribution is 7.88. The normalized spacial score (nSPS) is 17.7. The lowest BCUT2D eigenvalue weighted by atomic mass is 10.1. The van der Waals surface area contributed by atoms with Gasteiger partial charge in [0, 0.05) is 10.9 Å². The van der Waals surface area contributed by atoms with E-state index >= 15 is 0 Å². The molecule has 0 unspecified atom stereocenters. The molecule has 1 aliphatic heterocycles. The summed E-state index contributed by atoms with van der Waals surface area (Å²) in [6.07, 6.45) is 3.01. The van der Waals surface area contributed by atoms with Gasteiger partial charge in [-0.1, -0.05) is 17.7 Å². The minimum atomic E-state index is -3.54. The molecule has 1 N–H and O–H groups in total. The number of hydrogen-bond acceptors (Lipinski definition) is 6. The molecule has 0 fully saturated rings. The van der Waals surface area contributed by atoms with Crippen LogP contribution in [0.3, 0.4) is 0 Å². The lowest BCUT2D eigenvalue weighted by Crippen LogP contribution is -2.38. The summed E-state index contributed by atoms with van der Waals surface area (Å²) in [6.45, 7) is 0. The van der Waals surface area contributed by atoms with Crippen LogP contribution in [0.1, 0.15) is 16.5 Å². The fourth-order valence-corrected chi connectivity index (χ4v) is 4.82. The first kappa shape index (κ1) is 18.2. The van der Waals surface area contributed by atoms with Crippen molar-refractivity contribution in [1.82, 2.24) is 14.8 Å². The molecule has 0 saturated heterocycles. The zero-order chi connectivity index (χ0) is 19.2. The Morgan fingerprint density at radius 1 is 1.30 bits per heavy atom. The van der Waals surface area contributed by atoms with Crippen molar-refractivity contribution >= 4 is 49.6 Å². The molecule has 27 heavy (non-hydrogen) atoms. The van der Waals surface area contributed by atoms with Crippen LogP contribution in [0.2, 0.25) is 5.15 Å². The average molecular weight is 422 g/mol. The van der Waals surface area contributed by atoms with Crippen LogP contribution in [0.5, 0.6) is 5.75 Å². The van der Waals surface area contributed by atoms with Crippen LogP contribution in [0, 0.1) is 0 Å². The van der Waals surface area contributed by atoms with Crippen molar-refractivity contribution in [1.29, 1.82) is 0 Å². The van der Waals surface area contributed by atoms with Crippen molar-refractivity contribution in [2.45, 2.75) is 6.04 Å². The number of nitrogens with zero attached hydrogens (tertiary/aromatic N) is 2. The molecule has 6 nitrogen and oxygen atoms in total. The Kier molecular flexibility index (Phi) is 4.59. The van der Waals surface area contributed by atoms with Gasteiger partial charge in [0.05, 0.1) is 35.5 Å². The topological polar surface area (TPSA) is 71.5 Å². The minimum absolute atomic E-state index is 0.261. The first-order chi connectivity index (χ1) is 12.9. The number of rotatable bonds is 4. The zero-order valence-electron chi connectivity index (χ0n) is 14.5. The van der Waals surface area contributed by atoms with Gasteiger partial charge < -0.3 is 10.2 Å². The number of hydrazine groups is 1. The van der Waals surface area contributed by atoms with E-state index in [0.717, 1.165) is 22.2 Å². The molecule has 0 amide bonds. The molecule has 9 heteroatoms. The molecule has 1 aromatic carbocycles. The van der Waals surface area contributed by atoms with Gasteiger partial charge in [0.2, 0.25) is 10.0 Å². The first-order valence-electron chi connectivity index (χ1n) is 8.03. The highest BCUT2D eigenvalue weighted by Crippen LogP contribution is 2.38. The predicted molar refractivity (Wildman–Crippen MR) is 108 cm³/mol. The Labute approximate surface area is 166 Å². The molecule has 1 atom stereocenters. The van der Waals surface area contributed by atoms with E-state index in [1.165, 1.54) is 15.8 Å². The van der Waals surface area contributed by atoms with Crippen molar-refractivity contribution in [3.05, 3.63) is 63.4 Å². The van der Waals surface area contributed by atoms with E-state index in [0.29, 0.717) is 16.8 Å². The Balaban J connectivity index is 1.86. The second kappa shape index (κ2) is 6.79. The van der Waals surface area contributed by atoms with Crippen molar-refractivity contribution in [3.63, 3.8) is 0 Å². The van der Waals surface area contributed by atoms with E-state index in [9.17, 15) is 8.42 Å². The third-order valence-electron chi connectivity index (χ3n) is 4.27. The average Bonchev–Trinajstić information content (AvgIpc) is 3.29. The standard InChI is InChI=1S/C18H16ClN3O3S2/c1-25-12-5-6-14-11(8-12)9-13(18(19)20-14)16-10-15(17-4-3-7-26-17)21-22(16)27(2,23)24/h3-10,16,21H,1-2H3/t16-/m1/s1. The van der Waals surface area contributed by atoms with Crippen LogP contribution in [-0.2, 0) is 10.0 Å². The Morgan fingerprint density at radius 2 is 2.11 bits per heavy atom. The quantitative estimate of drug-likeness (QED) is 0.648. The fourth-order valence-electron chi connectivity index (χ4n) is 3.01. The van der Waals surface area contributed by atoms with Gasteiger partial charge in [0.1, 0.15) is 10.9 Å². The van der Waals surface area contributed by atoms with Gasteiger partial charge in [0.25, 0.3) is 0 Å². The Hall–Kier alpha value is -2.13. The predicted octanol–water partition coefficient (Wildman–Crippen LogP) is 3.82. The summed E-state index contributed by atoms with van der Waals surface area (Å²) in [4.78, 5) is 5.38. The maximum Gasteiger partial charge on any atom is 0.228 e. The number of nitrogens with one attached hydrogen (secondary N) is 1. The van der Waals surface area contributed by atoms with Crippen LogP contribution in [-0.4, -0.2) is 31.2 Å². The number of thiophene rings is 1. The van der Waals surface area contributed by atoms with Crippen LogP contribution >= 0.6 is 22.9 Å². The molecule has 3 aromatic rings. The summed E-state index contributed by atoms with van der Waals surface area (Å²) in [5.41, 5.74) is 5.02. The monoisotopic (exact) mass is 421 g/mol. The van der Waals surface area contributed by atoms with Crippen LogP contribution in [0.15, 0.2) is 47.9 Å². The summed E-state index contributed by atoms with van der Waals surface area (Å²) >= 11 is 7.95. The fraction of sp³-hybridized carbons (Fsp3) is 0.167. The number of sulfonamides is 1. The minimum Gasteiger partial charge on any atom is -0.497 e. The largest absolute Gasteiger partial charge is 0.497 e. The second-order valence-corrected chi connectivity index (χ2v) is 9.27. The Bertz CT molecular complexity index is 1140. The number of benzene rings is 1. The van der Waals surface area contributed by atoms with E-state index < -0.39 is 16.1 Å². The van der Waals surface area contributed by atoms with Crippen LogP contribution in [0.25, 0.3) is 16.6 Å². The molecule has 2 aromatic heterocycles. The van der Waals surface area contributed by atoms with Gasteiger partial charge in [-0.05, 0) is 41.8 Å². The molecule has 1 aliphatic rings. The van der Waals surface area contributed by atoms with E-state index in [1.807, 2.05) is 41.8 Å². The van der Waals surface area contributed by atoms with Crippen LogP contribution < -0.4 is 10.2 Å². The third-order valence-corrected chi connectivity index (χ3v) is 6.51. The first-order valence-corrected chi connectivity index (χ1v) is 11.1. The van der Waals surface area contributed by atoms with Gasteiger partial charge in [-0.3, -0.25) is 0 Å². The molecule has 0 bridgehead atoms. The number of ether oxygens (including phenoxy) is 1. The molecule has 4 rings (SSSR count). The summed E-state index contributed by atoms with van der Waals surface area (Å²) in [6, 6.07) is 10.6. The summed E-state index contributed by atoms with van der Waals surface area (Å²) in [7, 11) is -1.95. The van der Waals surface area contributed by atoms with E-state index in [2.05, 4.69) is 10.4 Å². The maximum absolute atomic E-state index is 12.4. The van der Waals surface area contributed by atoms with Crippen molar-refractivity contribution < 1.29 is 13.2 Å². The number of pyridine rings is 1. The number of halogens is 1. The molecule has 3 heterocycles. The molecule has 0 saturated carbocycles. The smallest absolute Gasteiger partial charge is 0.228 e. The van der Waals surface area contributed by atoms with E-state index in [1.54, 1.807) is 13.2 Å². The summed E-state index contributed by atoms with van der Waals surface area (Å²) < 4.78 is 31.2. The number of methoxy groups -OCH3 is 1. The van der Waals surface area contributed by atoms with Crippen molar-refractivity contribution in [3.8, 4) is 5.75 Å². The second-order valence-electron chi connectivity index (χ2n) is 6.10.